The van der Waals surface area contributed by atoms with Gasteiger partial charge in [0.05, 0.1) is 5.75 Å². The second kappa shape index (κ2) is 4.71. The number of benzene rings is 1. The molecular weight excluding hydrogens is 191 g/mol. The molecule has 0 radical (unpaired) electrons. The molecule has 5 heteroatoms. The first-order valence-electron chi connectivity index (χ1n) is 3.57. The fourth-order valence-corrected chi connectivity index (χ4v) is 1.48. The normalized spacial score (nSPS) is 11.6. The monoisotopic (exact) mass is 200 g/mol. The molecule has 0 bridgehead atoms. The molecule has 0 saturated heterocycles. The predicted octanol–water partition coefficient (Wildman–Crippen LogP) is 1.66. The summed E-state index contributed by atoms with van der Waals surface area (Å²) in [7, 11) is 0. The van der Waals surface area contributed by atoms with Gasteiger partial charge < -0.3 is 10.9 Å². The van der Waals surface area contributed by atoms with Crippen LogP contribution in [0.15, 0.2) is 34.3 Å². The summed E-state index contributed by atoms with van der Waals surface area (Å²) in [5.41, 5.74) is 5.23. The topological polar surface area (TPSA) is 58.6 Å². The first-order valence-corrected chi connectivity index (χ1v) is 4.56. The highest BCUT2D eigenvalue weighted by atomic mass is 32.2. The van der Waals surface area contributed by atoms with E-state index in [1.807, 2.05) is 0 Å². The summed E-state index contributed by atoms with van der Waals surface area (Å²) >= 11 is 1.19. The molecule has 0 aromatic heterocycles. The highest BCUT2D eigenvalue weighted by molar-refractivity contribution is 8.00. The summed E-state index contributed by atoms with van der Waals surface area (Å²) in [4.78, 5) is 0.495. The van der Waals surface area contributed by atoms with Crippen LogP contribution in [0, 0.1) is 5.82 Å². The van der Waals surface area contributed by atoms with Crippen LogP contribution in [0.1, 0.15) is 0 Å². The van der Waals surface area contributed by atoms with Gasteiger partial charge in [-0.05, 0) is 12.1 Å². The van der Waals surface area contributed by atoms with Crippen molar-refractivity contribution in [1.82, 2.24) is 0 Å². The molecule has 0 fully saturated rings. The quantitative estimate of drug-likeness (QED) is 0.256. The van der Waals surface area contributed by atoms with Crippen LogP contribution in [0.3, 0.4) is 0 Å². The van der Waals surface area contributed by atoms with Crippen molar-refractivity contribution in [2.24, 2.45) is 10.9 Å². The summed E-state index contributed by atoms with van der Waals surface area (Å²) in [6.45, 7) is 0. The summed E-state index contributed by atoms with van der Waals surface area (Å²) in [5.74, 6) is 0.0590. The van der Waals surface area contributed by atoms with Crippen LogP contribution >= 0.6 is 11.8 Å². The number of rotatable bonds is 3. The van der Waals surface area contributed by atoms with Crippen LogP contribution in [0.25, 0.3) is 0 Å². The van der Waals surface area contributed by atoms with Crippen LogP contribution < -0.4 is 5.73 Å². The molecule has 0 spiro atoms. The molecule has 0 unspecified atom stereocenters. The Kier molecular flexibility index (Phi) is 3.57. The van der Waals surface area contributed by atoms with Crippen molar-refractivity contribution in [3.05, 3.63) is 30.1 Å². The summed E-state index contributed by atoms with van der Waals surface area (Å²) in [5, 5.41) is 11.0. The number of nitrogens with two attached hydrogens (primary N) is 1. The van der Waals surface area contributed by atoms with E-state index in [4.69, 9.17) is 10.9 Å². The second-order valence-corrected chi connectivity index (χ2v) is 3.33. The number of hydrogen-bond acceptors (Lipinski definition) is 3. The maximum atomic E-state index is 13.0. The van der Waals surface area contributed by atoms with E-state index in [1.165, 1.54) is 17.8 Å². The lowest BCUT2D eigenvalue weighted by molar-refractivity contribution is 0.318. The van der Waals surface area contributed by atoms with Gasteiger partial charge in [-0.3, -0.25) is 0 Å². The molecule has 0 aliphatic rings. The molecule has 70 valence electrons. The van der Waals surface area contributed by atoms with E-state index < -0.39 is 0 Å². The van der Waals surface area contributed by atoms with Crippen LogP contribution in [0.5, 0.6) is 0 Å². The van der Waals surface area contributed by atoms with E-state index in [-0.39, 0.29) is 17.4 Å². The van der Waals surface area contributed by atoms with Crippen LogP contribution in [-0.2, 0) is 0 Å². The summed E-state index contributed by atoms with van der Waals surface area (Å²) < 4.78 is 13.0. The lowest BCUT2D eigenvalue weighted by Crippen LogP contribution is -2.14. The largest absolute Gasteiger partial charge is 0.409 e. The molecule has 0 aliphatic carbocycles. The number of oxime groups is 1. The molecule has 1 rings (SSSR count). The van der Waals surface area contributed by atoms with Crippen molar-refractivity contribution >= 4 is 17.6 Å². The maximum Gasteiger partial charge on any atom is 0.149 e. The number of nitrogens with zero attached hydrogens (tertiary/aromatic N) is 1. The van der Waals surface area contributed by atoms with Crippen molar-refractivity contribution in [3.63, 3.8) is 0 Å². The number of thioether (sulfide) groups is 1. The molecule has 3 N–H and O–H groups in total. The lowest BCUT2D eigenvalue weighted by atomic mass is 10.3. The molecule has 0 heterocycles. The van der Waals surface area contributed by atoms with Crippen molar-refractivity contribution in [3.8, 4) is 0 Å². The van der Waals surface area contributed by atoms with Gasteiger partial charge in [-0.2, -0.15) is 0 Å². The van der Waals surface area contributed by atoms with Crippen molar-refractivity contribution in [2.45, 2.75) is 4.90 Å². The van der Waals surface area contributed by atoms with Crippen LogP contribution in [0.2, 0.25) is 0 Å². The van der Waals surface area contributed by atoms with E-state index in [0.717, 1.165) is 0 Å². The number of hydrogen-bond donors (Lipinski definition) is 2. The Morgan fingerprint density at radius 2 is 2.23 bits per heavy atom. The molecule has 0 amide bonds. The minimum absolute atomic E-state index is 0.0771. The van der Waals surface area contributed by atoms with Crippen molar-refractivity contribution in [2.75, 3.05) is 5.75 Å². The van der Waals surface area contributed by atoms with Gasteiger partial charge in [-0.1, -0.05) is 17.3 Å². The maximum absolute atomic E-state index is 13.0. The Morgan fingerprint density at radius 3 is 2.85 bits per heavy atom. The molecule has 1 aromatic carbocycles. The smallest absolute Gasteiger partial charge is 0.149 e. The van der Waals surface area contributed by atoms with E-state index >= 15 is 0 Å². The number of halogens is 1. The van der Waals surface area contributed by atoms with E-state index in [1.54, 1.807) is 18.2 Å². The Bertz CT molecular complexity index is 317. The molecule has 0 aliphatic heterocycles. The van der Waals surface area contributed by atoms with Crippen molar-refractivity contribution < 1.29 is 9.60 Å². The zero-order chi connectivity index (χ0) is 9.68. The SMILES string of the molecule is NC(CSc1ccccc1F)=NO. The standard InChI is InChI=1S/C8H9FN2OS/c9-6-3-1-2-4-7(6)13-5-8(10)11-12/h1-4,12H,5H2,(H2,10,11). The molecule has 1 aromatic rings. The second-order valence-electron chi connectivity index (χ2n) is 2.31. The van der Waals surface area contributed by atoms with Gasteiger partial charge in [0.1, 0.15) is 11.7 Å². The zero-order valence-electron chi connectivity index (χ0n) is 6.77. The first-order chi connectivity index (χ1) is 6.24. The van der Waals surface area contributed by atoms with Gasteiger partial charge >= 0.3 is 0 Å². The highest BCUT2D eigenvalue weighted by Gasteiger charge is 2.01. The minimum atomic E-state index is -0.293. The van der Waals surface area contributed by atoms with E-state index in [2.05, 4.69) is 5.16 Å². The summed E-state index contributed by atoms with van der Waals surface area (Å²) in [6.07, 6.45) is 0. The van der Waals surface area contributed by atoms with E-state index in [0.29, 0.717) is 4.90 Å². The Labute approximate surface area is 79.4 Å². The van der Waals surface area contributed by atoms with Gasteiger partial charge in [0, 0.05) is 4.90 Å². The van der Waals surface area contributed by atoms with Gasteiger partial charge in [-0.25, -0.2) is 4.39 Å². The van der Waals surface area contributed by atoms with Gasteiger partial charge in [0.25, 0.3) is 0 Å². The predicted molar refractivity (Wildman–Crippen MR) is 50.5 cm³/mol. The Hall–Kier alpha value is -1.23. The third kappa shape index (κ3) is 2.95. The lowest BCUT2D eigenvalue weighted by Gasteiger charge is -2.00. The van der Waals surface area contributed by atoms with Gasteiger partial charge in [0.15, 0.2) is 0 Å². The fourth-order valence-electron chi connectivity index (χ4n) is 0.742. The molecule has 0 saturated carbocycles. The first kappa shape index (κ1) is 9.85. The third-order valence-electron chi connectivity index (χ3n) is 1.34. The zero-order valence-corrected chi connectivity index (χ0v) is 7.59. The highest BCUT2D eigenvalue weighted by Crippen LogP contribution is 2.20. The van der Waals surface area contributed by atoms with E-state index in [9.17, 15) is 4.39 Å². The fraction of sp³-hybridized carbons (Fsp3) is 0.125. The number of amidine groups is 1. The average molecular weight is 200 g/mol. The Morgan fingerprint density at radius 1 is 1.54 bits per heavy atom. The molecule has 3 nitrogen and oxygen atoms in total. The molecule has 13 heavy (non-hydrogen) atoms. The summed E-state index contributed by atoms with van der Waals surface area (Å²) in [6, 6.07) is 6.36. The molecule has 0 atom stereocenters. The minimum Gasteiger partial charge on any atom is -0.409 e. The van der Waals surface area contributed by atoms with Crippen LogP contribution in [0.4, 0.5) is 4.39 Å². The van der Waals surface area contributed by atoms with Crippen LogP contribution in [-0.4, -0.2) is 16.8 Å². The third-order valence-corrected chi connectivity index (χ3v) is 2.42. The Balaban J connectivity index is 2.60. The average Bonchev–Trinajstić information content (AvgIpc) is 2.16. The molecular formula is C8H9FN2OS. The van der Waals surface area contributed by atoms with Gasteiger partial charge in [-0.15, -0.1) is 11.8 Å². The van der Waals surface area contributed by atoms with Gasteiger partial charge in [0.2, 0.25) is 0 Å². The van der Waals surface area contributed by atoms with Crippen molar-refractivity contribution in [1.29, 1.82) is 0 Å².